The van der Waals surface area contributed by atoms with Crippen LogP contribution >= 0.6 is 0 Å². The number of benzene rings is 1. The van der Waals surface area contributed by atoms with Gasteiger partial charge in [-0.25, -0.2) is 8.78 Å². The maximum Gasteiger partial charge on any atom is 0.164 e. The van der Waals surface area contributed by atoms with E-state index in [-0.39, 0.29) is 17.2 Å². The molecule has 5 heteroatoms. The standard InChI is InChI=1S/C13H18F2N2O/c1-8-5-6-9(12(15)11(8)14)13(17-16)10-4-2-3-7-18-10/h5-6,10,13,17H,2-4,7,16H2,1H3. The predicted octanol–water partition coefficient (Wildman–Crippen LogP) is 2.35. The Kier molecular flexibility index (Phi) is 4.27. The molecule has 1 aromatic carbocycles. The summed E-state index contributed by atoms with van der Waals surface area (Å²) >= 11 is 0. The molecule has 3 nitrogen and oxygen atoms in total. The van der Waals surface area contributed by atoms with Crippen molar-refractivity contribution in [1.29, 1.82) is 0 Å². The van der Waals surface area contributed by atoms with E-state index >= 15 is 0 Å². The Bertz CT molecular complexity index is 420. The first-order valence-corrected chi connectivity index (χ1v) is 6.17. The highest BCUT2D eigenvalue weighted by molar-refractivity contribution is 5.28. The van der Waals surface area contributed by atoms with Gasteiger partial charge in [0, 0.05) is 12.2 Å². The molecular weight excluding hydrogens is 238 g/mol. The average Bonchev–Trinajstić information content (AvgIpc) is 2.41. The van der Waals surface area contributed by atoms with Gasteiger partial charge in [-0.15, -0.1) is 0 Å². The summed E-state index contributed by atoms with van der Waals surface area (Å²) in [5.74, 6) is 3.82. The van der Waals surface area contributed by atoms with Crippen LogP contribution in [0.2, 0.25) is 0 Å². The summed E-state index contributed by atoms with van der Waals surface area (Å²) in [4.78, 5) is 0. The van der Waals surface area contributed by atoms with Crippen molar-refractivity contribution < 1.29 is 13.5 Å². The molecule has 1 aromatic rings. The summed E-state index contributed by atoms with van der Waals surface area (Å²) in [7, 11) is 0. The number of hydrogen-bond acceptors (Lipinski definition) is 3. The molecule has 0 aromatic heterocycles. The molecule has 0 spiro atoms. The van der Waals surface area contributed by atoms with Crippen LogP contribution in [0.1, 0.15) is 36.4 Å². The summed E-state index contributed by atoms with van der Waals surface area (Å²) in [6.07, 6.45) is 2.60. The third-order valence-electron chi connectivity index (χ3n) is 3.41. The fraction of sp³-hybridized carbons (Fsp3) is 0.538. The highest BCUT2D eigenvalue weighted by atomic mass is 19.2. The highest BCUT2D eigenvalue weighted by Gasteiger charge is 2.28. The maximum atomic E-state index is 13.9. The van der Waals surface area contributed by atoms with Crippen molar-refractivity contribution in [3.63, 3.8) is 0 Å². The molecule has 1 aliphatic rings. The van der Waals surface area contributed by atoms with Gasteiger partial charge in [-0.3, -0.25) is 11.3 Å². The Morgan fingerprint density at radius 1 is 1.33 bits per heavy atom. The molecule has 1 heterocycles. The Balaban J connectivity index is 2.29. The minimum Gasteiger partial charge on any atom is -0.376 e. The van der Waals surface area contributed by atoms with E-state index in [1.54, 1.807) is 12.1 Å². The van der Waals surface area contributed by atoms with E-state index < -0.39 is 17.7 Å². The zero-order valence-corrected chi connectivity index (χ0v) is 10.4. The average molecular weight is 256 g/mol. The zero-order chi connectivity index (χ0) is 13.1. The van der Waals surface area contributed by atoms with Crippen LogP contribution < -0.4 is 11.3 Å². The number of ether oxygens (including phenoxy) is 1. The number of hydrazine groups is 1. The van der Waals surface area contributed by atoms with E-state index in [4.69, 9.17) is 10.6 Å². The Morgan fingerprint density at radius 2 is 2.11 bits per heavy atom. The molecule has 2 unspecified atom stereocenters. The number of aryl methyl sites for hydroxylation is 1. The van der Waals surface area contributed by atoms with Crippen LogP contribution in [0.3, 0.4) is 0 Å². The van der Waals surface area contributed by atoms with Gasteiger partial charge in [0.25, 0.3) is 0 Å². The lowest BCUT2D eigenvalue weighted by Gasteiger charge is -2.30. The third kappa shape index (κ3) is 2.53. The highest BCUT2D eigenvalue weighted by Crippen LogP contribution is 2.29. The largest absolute Gasteiger partial charge is 0.376 e. The quantitative estimate of drug-likeness (QED) is 0.644. The third-order valence-corrected chi connectivity index (χ3v) is 3.41. The Hall–Kier alpha value is -1.04. The molecule has 1 fully saturated rings. The van der Waals surface area contributed by atoms with Crippen molar-refractivity contribution in [2.75, 3.05) is 6.61 Å². The van der Waals surface area contributed by atoms with Crippen LogP contribution in [0.4, 0.5) is 8.78 Å². The van der Waals surface area contributed by atoms with Crippen molar-refractivity contribution >= 4 is 0 Å². The van der Waals surface area contributed by atoms with Gasteiger partial charge in [0.2, 0.25) is 0 Å². The van der Waals surface area contributed by atoms with Crippen LogP contribution in [0.25, 0.3) is 0 Å². The summed E-state index contributed by atoms with van der Waals surface area (Å²) in [6.45, 7) is 2.17. The van der Waals surface area contributed by atoms with Gasteiger partial charge in [-0.1, -0.05) is 12.1 Å². The van der Waals surface area contributed by atoms with Crippen molar-refractivity contribution in [2.24, 2.45) is 5.84 Å². The molecular formula is C13H18F2N2O. The molecule has 3 N–H and O–H groups in total. The summed E-state index contributed by atoms with van der Waals surface area (Å²) in [5, 5.41) is 0. The SMILES string of the molecule is Cc1ccc(C(NN)C2CCCCO2)c(F)c1F. The van der Waals surface area contributed by atoms with Crippen LogP contribution in [0, 0.1) is 18.6 Å². The van der Waals surface area contributed by atoms with Gasteiger partial charge < -0.3 is 4.74 Å². The molecule has 100 valence electrons. The minimum absolute atomic E-state index is 0.208. The van der Waals surface area contributed by atoms with Crippen molar-refractivity contribution in [2.45, 2.75) is 38.3 Å². The Labute approximate surface area is 105 Å². The van der Waals surface area contributed by atoms with Gasteiger partial charge in [-0.05, 0) is 31.7 Å². The van der Waals surface area contributed by atoms with E-state index in [0.717, 1.165) is 19.3 Å². The smallest absolute Gasteiger partial charge is 0.164 e. The fourth-order valence-electron chi connectivity index (χ4n) is 2.33. The molecule has 1 aliphatic heterocycles. The summed E-state index contributed by atoms with van der Waals surface area (Å²) in [6, 6.07) is 2.61. The lowest BCUT2D eigenvalue weighted by molar-refractivity contribution is -0.00904. The number of nitrogens with one attached hydrogen (secondary N) is 1. The molecule has 2 atom stereocenters. The lowest BCUT2D eigenvalue weighted by atomic mass is 9.95. The second-order valence-electron chi connectivity index (χ2n) is 4.65. The topological polar surface area (TPSA) is 47.3 Å². The molecule has 18 heavy (non-hydrogen) atoms. The van der Waals surface area contributed by atoms with E-state index in [0.29, 0.717) is 6.61 Å². The van der Waals surface area contributed by atoms with Gasteiger partial charge in [0.1, 0.15) is 0 Å². The van der Waals surface area contributed by atoms with Crippen LogP contribution in [0.5, 0.6) is 0 Å². The van der Waals surface area contributed by atoms with E-state index in [1.807, 2.05) is 0 Å². The molecule has 2 rings (SSSR count). The number of rotatable bonds is 3. The monoisotopic (exact) mass is 256 g/mol. The van der Waals surface area contributed by atoms with E-state index in [1.165, 1.54) is 6.92 Å². The first-order chi connectivity index (χ1) is 8.65. The fourth-order valence-corrected chi connectivity index (χ4v) is 2.33. The second kappa shape index (κ2) is 5.73. The predicted molar refractivity (Wildman–Crippen MR) is 64.8 cm³/mol. The number of hydrogen-bond donors (Lipinski definition) is 2. The molecule has 0 radical (unpaired) electrons. The summed E-state index contributed by atoms with van der Waals surface area (Å²) < 4.78 is 33.1. The van der Waals surface area contributed by atoms with Gasteiger partial charge >= 0.3 is 0 Å². The number of nitrogens with two attached hydrogens (primary N) is 1. The van der Waals surface area contributed by atoms with Crippen molar-refractivity contribution in [1.82, 2.24) is 5.43 Å². The van der Waals surface area contributed by atoms with Crippen molar-refractivity contribution in [3.05, 3.63) is 34.9 Å². The molecule has 0 bridgehead atoms. The first-order valence-electron chi connectivity index (χ1n) is 6.17. The zero-order valence-electron chi connectivity index (χ0n) is 10.4. The normalized spacial score (nSPS) is 21.9. The molecule has 0 saturated carbocycles. The maximum absolute atomic E-state index is 13.9. The Morgan fingerprint density at radius 3 is 2.72 bits per heavy atom. The molecule has 1 saturated heterocycles. The van der Waals surface area contributed by atoms with Gasteiger partial charge in [0.05, 0.1) is 12.1 Å². The van der Waals surface area contributed by atoms with Gasteiger partial charge in [0.15, 0.2) is 11.6 Å². The second-order valence-corrected chi connectivity index (χ2v) is 4.65. The minimum atomic E-state index is -0.841. The van der Waals surface area contributed by atoms with Gasteiger partial charge in [-0.2, -0.15) is 0 Å². The molecule has 0 amide bonds. The van der Waals surface area contributed by atoms with Crippen molar-refractivity contribution in [3.8, 4) is 0 Å². The summed E-state index contributed by atoms with van der Waals surface area (Å²) in [5.41, 5.74) is 3.06. The van der Waals surface area contributed by atoms with E-state index in [9.17, 15) is 8.78 Å². The first kappa shape index (κ1) is 13.4. The van der Waals surface area contributed by atoms with Crippen LogP contribution in [-0.4, -0.2) is 12.7 Å². The van der Waals surface area contributed by atoms with Crippen LogP contribution in [-0.2, 0) is 4.74 Å². The molecule has 0 aliphatic carbocycles. The lowest BCUT2D eigenvalue weighted by Crippen LogP contribution is -2.40. The van der Waals surface area contributed by atoms with Crippen LogP contribution in [0.15, 0.2) is 12.1 Å². The number of halogens is 2. The van der Waals surface area contributed by atoms with E-state index in [2.05, 4.69) is 5.43 Å².